The van der Waals surface area contributed by atoms with E-state index in [9.17, 15) is 14.4 Å². The molecule has 1 saturated heterocycles. The SMILES string of the molecule is COc1ccc2c(c1)CN(CC1(c3ccc(C)cc3)NC(=O)B(OCN)C1=O)C2=O. The second-order valence-electron chi connectivity index (χ2n) is 7.52. The molecular formula is C21H22BN3O5. The molecule has 2 amide bonds. The number of nitrogens with one attached hydrogen (secondary N) is 1. The molecule has 154 valence electrons. The molecule has 0 aliphatic carbocycles. The number of carbonyl (C=O) groups is 3. The zero-order valence-corrected chi connectivity index (χ0v) is 16.8. The van der Waals surface area contributed by atoms with Gasteiger partial charge in [0.2, 0.25) is 5.81 Å². The average Bonchev–Trinajstić information content (AvgIpc) is 3.17. The summed E-state index contributed by atoms with van der Waals surface area (Å²) in [4.78, 5) is 40.5. The molecule has 8 nitrogen and oxygen atoms in total. The molecule has 2 aliphatic rings. The van der Waals surface area contributed by atoms with Crippen LogP contribution in [0.25, 0.3) is 0 Å². The van der Waals surface area contributed by atoms with Crippen LogP contribution in [0.1, 0.15) is 27.0 Å². The van der Waals surface area contributed by atoms with Crippen LogP contribution < -0.4 is 15.8 Å². The number of carbonyl (C=O) groups excluding carboxylic acids is 3. The first-order chi connectivity index (χ1) is 14.4. The van der Waals surface area contributed by atoms with Crippen LogP contribution in [0, 0.1) is 6.92 Å². The summed E-state index contributed by atoms with van der Waals surface area (Å²) < 4.78 is 10.5. The molecule has 0 bridgehead atoms. The summed E-state index contributed by atoms with van der Waals surface area (Å²) in [7, 11) is 1.56. The van der Waals surface area contributed by atoms with Crippen LogP contribution in [0.15, 0.2) is 42.5 Å². The van der Waals surface area contributed by atoms with E-state index < -0.39 is 23.9 Å². The summed E-state index contributed by atoms with van der Waals surface area (Å²) in [5.41, 5.74) is 6.53. The third-order valence-electron chi connectivity index (χ3n) is 5.66. The summed E-state index contributed by atoms with van der Waals surface area (Å²) in [6.45, 7) is 0.656. The standard InChI is InChI=1S/C21H22BN3O5/c1-13-3-5-15(6-4-13)21(19(27)22(30-12-23)20(28)24-21)11-25-10-14-9-16(29-2)7-8-17(14)18(25)26/h3-9H,10-12,23H2,1-2H3,(H,24,28). The van der Waals surface area contributed by atoms with Crippen LogP contribution >= 0.6 is 0 Å². The second-order valence-corrected chi connectivity index (χ2v) is 7.52. The van der Waals surface area contributed by atoms with E-state index in [0.717, 1.165) is 11.1 Å². The van der Waals surface area contributed by atoms with Crippen LogP contribution in [-0.4, -0.2) is 49.6 Å². The lowest BCUT2D eigenvalue weighted by Crippen LogP contribution is -2.53. The van der Waals surface area contributed by atoms with Crippen molar-refractivity contribution in [3.8, 4) is 5.75 Å². The molecule has 2 heterocycles. The van der Waals surface area contributed by atoms with Gasteiger partial charge in [-0.25, -0.2) is 0 Å². The van der Waals surface area contributed by atoms with Gasteiger partial charge >= 0.3 is 6.92 Å². The molecule has 1 unspecified atom stereocenters. The largest absolute Gasteiger partial charge is 0.497 e. The number of hydrogen-bond donors (Lipinski definition) is 2. The first-order valence-electron chi connectivity index (χ1n) is 9.61. The number of amides is 2. The highest BCUT2D eigenvalue weighted by molar-refractivity contribution is 7.09. The van der Waals surface area contributed by atoms with Gasteiger partial charge in [0, 0.05) is 12.1 Å². The van der Waals surface area contributed by atoms with E-state index in [2.05, 4.69) is 5.32 Å². The maximum Gasteiger partial charge on any atom is 0.474 e. The molecule has 2 aliphatic heterocycles. The van der Waals surface area contributed by atoms with Gasteiger partial charge in [-0.1, -0.05) is 29.8 Å². The lowest BCUT2D eigenvalue weighted by Gasteiger charge is -2.33. The fraction of sp³-hybridized carbons (Fsp3) is 0.286. The van der Waals surface area contributed by atoms with Gasteiger partial charge < -0.3 is 30.1 Å². The van der Waals surface area contributed by atoms with Gasteiger partial charge in [0.25, 0.3) is 5.91 Å². The molecule has 1 atom stereocenters. The zero-order valence-electron chi connectivity index (χ0n) is 16.8. The van der Waals surface area contributed by atoms with E-state index in [1.54, 1.807) is 42.3 Å². The highest BCUT2D eigenvalue weighted by atomic mass is 16.5. The van der Waals surface area contributed by atoms with Crippen molar-refractivity contribution in [1.29, 1.82) is 0 Å². The van der Waals surface area contributed by atoms with E-state index in [-0.39, 0.29) is 19.2 Å². The van der Waals surface area contributed by atoms with E-state index in [1.807, 2.05) is 19.1 Å². The Morgan fingerprint density at radius 1 is 1.17 bits per heavy atom. The first kappa shape index (κ1) is 20.1. The average molecular weight is 407 g/mol. The van der Waals surface area contributed by atoms with Crippen LogP contribution in [0.2, 0.25) is 0 Å². The van der Waals surface area contributed by atoms with Crippen molar-refractivity contribution in [1.82, 2.24) is 10.2 Å². The Labute approximate surface area is 174 Å². The van der Waals surface area contributed by atoms with Gasteiger partial charge in [-0.15, -0.1) is 0 Å². The summed E-state index contributed by atoms with van der Waals surface area (Å²) >= 11 is 0. The number of aryl methyl sites for hydroxylation is 1. The van der Waals surface area contributed by atoms with E-state index in [1.165, 1.54) is 0 Å². The predicted octanol–water partition coefficient (Wildman–Crippen LogP) is 1.19. The smallest absolute Gasteiger partial charge is 0.474 e. The van der Waals surface area contributed by atoms with E-state index in [0.29, 0.717) is 23.4 Å². The molecule has 9 heteroatoms. The van der Waals surface area contributed by atoms with Gasteiger partial charge in [-0.3, -0.25) is 9.59 Å². The minimum Gasteiger partial charge on any atom is -0.497 e. The van der Waals surface area contributed by atoms with Gasteiger partial charge in [0.15, 0.2) is 5.68 Å². The maximum absolute atomic E-state index is 13.4. The van der Waals surface area contributed by atoms with Gasteiger partial charge in [0.05, 0.1) is 20.4 Å². The summed E-state index contributed by atoms with van der Waals surface area (Å²) in [5, 5.41) is 2.80. The van der Waals surface area contributed by atoms with Crippen molar-refractivity contribution in [2.75, 3.05) is 20.4 Å². The Kier molecular flexibility index (Phi) is 5.09. The molecule has 30 heavy (non-hydrogen) atoms. The predicted molar refractivity (Wildman–Crippen MR) is 110 cm³/mol. The van der Waals surface area contributed by atoms with Crippen LogP contribution in [0.5, 0.6) is 5.75 Å². The Balaban J connectivity index is 1.71. The third-order valence-corrected chi connectivity index (χ3v) is 5.66. The lowest BCUT2D eigenvalue weighted by molar-refractivity contribution is -0.118. The Morgan fingerprint density at radius 2 is 1.90 bits per heavy atom. The Bertz CT molecular complexity index is 1030. The van der Waals surface area contributed by atoms with Crippen molar-refractivity contribution in [3.05, 3.63) is 64.7 Å². The van der Waals surface area contributed by atoms with Gasteiger partial charge in [-0.2, -0.15) is 0 Å². The lowest BCUT2D eigenvalue weighted by atomic mass is 9.60. The molecule has 0 spiro atoms. The van der Waals surface area contributed by atoms with E-state index >= 15 is 0 Å². The van der Waals surface area contributed by atoms with E-state index in [4.69, 9.17) is 15.1 Å². The van der Waals surface area contributed by atoms with Gasteiger partial charge in [0.1, 0.15) is 11.3 Å². The number of rotatable bonds is 6. The zero-order chi connectivity index (χ0) is 21.5. The highest BCUT2D eigenvalue weighted by Gasteiger charge is 2.59. The van der Waals surface area contributed by atoms with Crippen LogP contribution in [0.3, 0.4) is 0 Å². The molecule has 0 radical (unpaired) electrons. The molecule has 2 aromatic rings. The molecule has 2 aromatic carbocycles. The quantitative estimate of drug-likeness (QED) is 0.550. The van der Waals surface area contributed by atoms with Crippen molar-refractivity contribution >= 4 is 24.3 Å². The number of benzene rings is 2. The summed E-state index contributed by atoms with van der Waals surface area (Å²) in [6.07, 6.45) is 0. The fourth-order valence-corrected chi connectivity index (χ4v) is 4.09. The molecular weight excluding hydrogens is 385 g/mol. The first-order valence-corrected chi connectivity index (χ1v) is 9.61. The van der Waals surface area contributed by atoms with Crippen molar-refractivity contribution < 1.29 is 23.8 Å². The highest BCUT2D eigenvalue weighted by Crippen LogP contribution is 2.34. The minimum absolute atomic E-state index is 0.0130. The molecule has 0 aromatic heterocycles. The number of ether oxygens (including phenoxy) is 1. The number of methoxy groups -OCH3 is 1. The molecule has 4 rings (SSSR count). The Morgan fingerprint density at radius 3 is 2.57 bits per heavy atom. The monoisotopic (exact) mass is 407 g/mol. The molecule has 3 N–H and O–H groups in total. The van der Waals surface area contributed by atoms with Crippen molar-refractivity contribution in [3.63, 3.8) is 0 Å². The van der Waals surface area contributed by atoms with Crippen molar-refractivity contribution in [2.24, 2.45) is 5.73 Å². The molecule has 1 fully saturated rings. The Hall–Kier alpha value is -3.17. The number of fused-ring (bicyclic) bond motifs is 1. The third kappa shape index (κ3) is 3.16. The number of nitrogens with zero attached hydrogens (tertiary/aromatic N) is 1. The van der Waals surface area contributed by atoms with Gasteiger partial charge in [-0.05, 0) is 36.2 Å². The summed E-state index contributed by atoms with van der Waals surface area (Å²) in [5.74, 6) is -0.112. The summed E-state index contributed by atoms with van der Waals surface area (Å²) in [6, 6.07) is 12.5. The topological polar surface area (TPSA) is 111 Å². The molecule has 0 saturated carbocycles. The second kappa shape index (κ2) is 7.58. The number of hydrogen-bond acceptors (Lipinski definition) is 6. The minimum atomic E-state index is -1.41. The van der Waals surface area contributed by atoms with Crippen molar-refractivity contribution in [2.45, 2.75) is 19.0 Å². The number of nitrogens with two attached hydrogens (primary N) is 1. The maximum atomic E-state index is 13.4. The fourth-order valence-electron chi connectivity index (χ4n) is 4.09. The van der Waals surface area contributed by atoms with Crippen LogP contribution in [-0.2, 0) is 21.5 Å². The van der Waals surface area contributed by atoms with Crippen LogP contribution in [0.4, 0.5) is 4.79 Å². The normalized spacial score (nSPS) is 20.6.